The van der Waals surface area contributed by atoms with Gasteiger partial charge in [0.05, 0.1) is 18.3 Å². The van der Waals surface area contributed by atoms with Crippen LogP contribution in [0.4, 0.5) is 0 Å². The number of nitrogens with zero attached hydrogens (tertiary/aromatic N) is 5. The van der Waals surface area contributed by atoms with Gasteiger partial charge in [0.1, 0.15) is 11.2 Å². The Bertz CT molecular complexity index is 1410. The van der Waals surface area contributed by atoms with Crippen molar-refractivity contribution >= 4 is 17.2 Å². The van der Waals surface area contributed by atoms with Crippen molar-refractivity contribution in [1.82, 2.24) is 19.2 Å². The lowest BCUT2D eigenvalue weighted by Gasteiger charge is -2.26. The molecule has 4 rings (SSSR count). The predicted molar refractivity (Wildman–Crippen MR) is 167 cm³/mol. The summed E-state index contributed by atoms with van der Waals surface area (Å²) >= 11 is 0. The van der Waals surface area contributed by atoms with Gasteiger partial charge in [0.2, 0.25) is 0 Å². The molecule has 40 heavy (non-hydrogen) atoms. The van der Waals surface area contributed by atoms with E-state index >= 15 is 0 Å². The first-order valence-corrected chi connectivity index (χ1v) is 14.3. The molecule has 0 N–H and O–H groups in total. The first-order valence-electron chi connectivity index (χ1n) is 14.3. The summed E-state index contributed by atoms with van der Waals surface area (Å²) in [5, 5.41) is 4.83. The van der Waals surface area contributed by atoms with E-state index in [0.29, 0.717) is 12.2 Å². The Morgan fingerprint density at radius 2 is 1.98 bits per heavy atom. The molecule has 1 aliphatic heterocycles. The van der Waals surface area contributed by atoms with Crippen LogP contribution in [-0.2, 0) is 11.3 Å². The van der Waals surface area contributed by atoms with Gasteiger partial charge in [0, 0.05) is 31.6 Å². The first kappa shape index (κ1) is 30.4. The van der Waals surface area contributed by atoms with Crippen LogP contribution in [0.15, 0.2) is 114 Å². The van der Waals surface area contributed by atoms with Crippen molar-refractivity contribution in [1.29, 1.82) is 0 Å². The van der Waals surface area contributed by atoms with Crippen LogP contribution >= 0.6 is 0 Å². The average Bonchev–Trinajstić information content (AvgIpc) is 3.57. The standard InChI is InChI=1S/C32H37N5O.C2H6/c1-4-6-15-26(14-5-2)24-30(37-21-12-11-19-31(37)33-3)32(38)36-22-13-18-28(36)25-35-23-20-29(34-35)27-16-9-7-8-10-17-27;1-2/h4-7,9-12,14-17,19-21,23-24,28H,8,13,18,22,25H2,1-3H3;1-2H3/b6-4-,14-5-,26-15+,30-24+,33-31?;/t28-;/m0./s1. The fraction of sp³-hybridized carbons (Fsp3) is 0.324. The van der Waals surface area contributed by atoms with Gasteiger partial charge in [-0.25, -0.2) is 0 Å². The largest absolute Gasteiger partial charge is 0.333 e. The Kier molecular flexibility index (Phi) is 12.2. The van der Waals surface area contributed by atoms with Gasteiger partial charge in [-0.15, -0.1) is 0 Å². The fourth-order valence-electron chi connectivity index (χ4n) is 4.79. The molecule has 0 bridgehead atoms. The Labute approximate surface area is 239 Å². The van der Waals surface area contributed by atoms with E-state index in [4.69, 9.17) is 5.10 Å². The van der Waals surface area contributed by atoms with E-state index in [9.17, 15) is 4.79 Å². The molecule has 3 heterocycles. The Hall–Kier alpha value is -4.19. The highest BCUT2D eigenvalue weighted by atomic mass is 16.2. The minimum atomic E-state index is -0.00333. The zero-order chi connectivity index (χ0) is 28.7. The number of likely N-dealkylation sites (tertiary alicyclic amines) is 1. The van der Waals surface area contributed by atoms with Crippen molar-refractivity contribution in [2.24, 2.45) is 4.99 Å². The van der Waals surface area contributed by atoms with Crippen LogP contribution in [0, 0.1) is 0 Å². The minimum absolute atomic E-state index is 0.00333. The molecule has 6 heteroatoms. The van der Waals surface area contributed by atoms with Gasteiger partial charge >= 0.3 is 0 Å². The molecule has 1 atom stereocenters. The quantitative estimate of drug-likeness (QED) is 0.276. The summed E-state index contributed by atoms with van der Waals surface area (Å²) in [5.74, 6) is -0.00333. The smallest absolute Gasteiger partial charge is 0.271 e. The second kappa shape index (κ2) is 16.0. The fourth-order valence-corrected chi connectivity index (χ4v) is 4.79. The summed E-state index contributed by atoms with van der Waals surface area (Å²) in [6.45, 7) is 9.34. The van der Waals surface area contributed by atoms with Gasteiger partial charge in [-0.2, -0.15) is 5.10 Å². The number of allylic oxidation sites excluding steroid dienone is 13. The lowest BCUT2D eigenvalue weighted by atomic mass is 10.1. The average molecular weight is 538 g/mol. The SMILES string of the molecule is CC.C\C=C/C=C(\C=C/C)/C=C(\C(=O)N1CCC[C@H]1Cn1ccc(C2=CC=CCC=C2)n1)n1ccccc1=NC. The van der Waals surface area contributed by atoms with Crippen LogP contribution in [0.1, 0.15) is 52.7 Å². The Balaban J connectivity index is 0.00000216. The van der Waals surface area contributed by atoms with Gasteiger partial charge < -0.3 is 4.90 Å². The first-order chi connectivity index (χ1) is 19.6. The maximum atomic E-state index is 14.2. The van der Waals surface area contributed by atoms with Crippen LogP contribution in [0.25, 0.3) is 11.3 Å². The summed E-state index contributed by atoms with van der Waals surface area (Å²) in [6.07, 6.45) is 29.2. The summed E-state index contributed by atoms with van der Waals surface area (Å²) in [5.41, 5.74) is 4.29. The van der Waals surface area contributed by atoms with Crippen molar-refractivity contribution in [2.75, 3.05) is 13.6 Å². The second-order valence-electron chi connectivity index (χ2n) is 9.28. The molecule has 0 radical (unpaired) electrons. The third-order valence-corrected chi connectivity index (χ3v) is 6.64. The van der Waals surface area contributed by atoms with Gasteiger partial charge in [0.15, 0.2) is 0 Å². The normalized spacial score (nSPS) is 18.3. The molecule has 1 saturated heterocycles. The molecule has 1 fully saturated rings. The topological polar surface area (TPSA) is 55.4 Å². The molecule has 0 aromatic carbocycles. The lowest BCUT2D eigenvalue weighted by Crippen LogP contribution is -2.40. The van der Waals surface area contributed by atoms with Crippen molar-refractivity contribution in [3.05, 3.63) is 120 Å². The summed E-state index contributed by atoms with van der Waals surface area (Å²) in [4.78, 5) is 20.6. The number of amides is 1. The molecule has 2 aromatic rings. The number of aromatic nitrogens is 3. The van der Waals surface area contributed by atoms with Crippen LogP contribution in [0.3, 0.4) is 0 Å². The number of hydrogen-bond acceptors (Lipinski definition) is 3. The molecule has 6 nitrogen and oxygen atoms in total. The van der Waals surface area contributed by atoms with Crippen LogP contribution in [0.5, 0.6) is 0 Å². The van der Waals surface area contributed by atoms with Gasteiger partial charge in [-0.3, -0.25) is 19.0 Å². The van der Waals surface area contributed by atoms with E-state index in [0.717, 1.165) is 48.1 Å². The second-order valence-corrected chi connectivity index (χ2v) is 9.28. The monoisotopic (exact) mass is 537 g/mol. The predicted octanol–water partition coefficient (Wildman–Crippen LogP) is 6.75. The molecule has 1 aliphatic carbocycles. The van der Waals surface area contributed by atoms with Gasteiger partial charge in [-0.1, -0.05) is 80.7 Å². The van der Waals surface area contributed by atoms with Crippen molar-refractivity contribution < 1.29 is 4.79 Å². The Morgan fingerprint density at radius 1 is 1.12 bits per heavy atom. The zero-order valence-corrected chi connectivity index (χ0v) is 24.6. The van der Waals surface area contributed by atoms with E-state index in [1.165, 1.54) is 0 Å². The third kappa shape index (κ3) is 7.92. The highest BCUT2D eigenvalue weighted by Gasteiger charge is 2.32. The number of rotatable bonds is 8. The third-order valence-electron chi connectivity index (χ3n) is 6.64. The molecular weight excluding hydrogens is 494 g/mol. The van der Waals surface area contributed by atoms with Crippen LogP contribution in [0.2, 0.25) is 0 Å². The van der Waals surface area contributed by atoms with E-state index in [1.54, 1.807) is 7.05 Å². The van der Waals surface area contributed by atoms with E-state index in [-0.39, 0.29) is 11.9 Å². The maximum Gasteiger partial charge on any atom is 0.271 e. The minimum Gasteiger partial charge on any atom is -0.333 e. The summed E-state index contributed by atoms with van der Waals surface area (Å²) in [7, 11) is 1.75. The highest BCUT2D eigenvalue weighted by Crippen LogP contribution is 2.24. The molecule has 2 aliphatic rings. The van der Waals surface area contributed by atoms with Crippen molar-refractivity contribution in [2.45, 2.75) is 59.5 Å². The molecule has 0 saturated carbocycles. The number of carbonyl (C=O) groups excluding carboxylic acids is 1. The van der Waals surface area contributed by atoms with Gasteiger partial charge in [-0.05, 0) is 63.0 Å². The number of pyridine rings is 1. The van der Waals surface area contributed by atoms with Crippen LogP contribution < -0.4 is 5.49 Å². The summed E-state index contributed by atoms with van der Waals surface area (Å²) in [6, 6.07) is 7.90. The summed E-state index contributed by atoms with van der Waals surface area (Å²) < 4.78 is 3.85. The molecule has 2 aromatic heterocycles. The van der Waals surface area contributed by atoms with E-state index in [2.05, 4.69) is 35.4 Å². The molecule has 210 valence electrons. The lowest BCUT2D eigenvalue weighted by molar-refractivity contribution is -0.126. The molecule has 0 spiro atoms. The van der Waals surface area contributed by atoms with Gasteiger partial charge in [0.25, 0.3) is 5.91 Å². The van der Waals surface area contributed by atoms with E-state index in [1.807, 2.05) is 115 Å². The van der Waals surface area contributed by atoms with Crippen molar-refractivity contribution in [3.63, 3.8) is 0 Å². The van der Waals surface area contributed by atoms with E-state index < -0.39 is 0 Å². The zero-order valence-electron chi connectivity index (χ0n) is 24.6. The maximum absolute atomic E-state index is 14.2. The Morgan fingerprint density at radius 3 is 2.75 bits per heavy atom. The van der Waals surface area contributed by atoms with Crippen molar-refractivity contribution in [3.8, 4) is 0 Å². The molecule has 0 unspecified atom stereocenters. The molecule has 1 amide bonds. The highest BCUT2D eigenvalue weighted by molar-refractivity contribution is 6.14. The number of hydrogen-bond donors (Lipinski definition) is 0. The number of carbonyl (C=O) groups is 1. The molecular formula is C34H43N5O. The van der Waals surface area contributed by atoms with Crippen LogP contribution in [-0.4, -0.2) is 44.8 Å².